The minimum absolute atomic E-state index is 1.11. The molecule has 1 saturated heterocycles. The van der Waals surface area contributed by atoms with Crippen LogP contribution in [0.5, 0.6) is 0 Å². The van der Waals surface area contributed by atoms with Crippen LogP contribution >= 0.6 is 0 Å². The lowest BCUT2D eigenvalue weighted by Crippen LogP contribution is -2.37. The molecule has 0 amide bonds. The summed E-state index contributed by atoms with van der Waals surface area (Å²) in [4.78, 5) is 0. The fourth-order valence-corrected chi connectivity index (χ4v) is 1.39. The van der Waals surface area contributed by atoms with E-state index in [-0.39, 0.29) is 0 Å². The Bertz CT molecular complexity index is 152. The van der Waals surface area contributed by atoms with Gasteiger partial charge in [-0.3, -0.25) is 0 Å². The van der Waals surface area contributed by atoms with Crippen LogP contribution in [0.1, 0.15) is 20.3 Å². The van der Waals surface area contributed by atoms with E-state index in [0.29, 0.717) is 0 Å². The van der Waals surface area contributed by atoms with E-state index in [2.05, 4.69) is 37.0 Å². The first-order valence-electron chi connectivity index (χ1n) is 4.38. The lowest BCUT2D eigenvalue weighted by Gasteiger charge is -2.25. The molecular weight excluding hydrogens is 136 g/mol. The van der Waals surface area contributed by atoms with Crippen molar-refractivity contribution >= 4 is 0 Å². The van der Waals surface area contributed by atoms with Crippen LogP contribution in [0.4, 0.5) is 0 Å². The molecule has 0 bridgehead atoms. The Kier molecular flexibility index (Phi) is 3.09. The predicted octanol–water partition coefficient (Wildman–Crippen LogP) is 1.51. The molecule has 0 aromatic carbocycles. The molecule has 0 unspecified atom stereocenters. The Balaban J connectivity index is 2.41. The van der Waals surface area contributed by atoms with Gasteiger partial charge in [0.1, 0.15) is 0 Å². The summed E-state index contributed by atoms with van der Waals surface area (Å²) in [6.45, 7) is 7.76. The van der Waals surface area contributed by atoms with Gasteiger partial charge >= 0.3 is 0 Å². The first-order valence-corrected chi connectivity index (χ1v) is 4.38. The maximum Gasteiger partial charge on any atom is 0.0343 e. The highest BCUT2D eigenvalue weighted by molar-refractivity contribution is 5.07. The van der Waals surface area contributed by atoms with E-state index in [1.807, 2.05) is 0 Å². The number of hydrazine groups is 1. The van der Waals surface area contributed by atoms with Crippen molar-refractivity contribution < 1.29 is 0 Å². The molecule has 0 N–H and O–H groups in total. The average Bonchev–Trinajstić information content (AvgIpc) is 2.50. The smallest absolute Gasteiger partial charge is 0.0343 e. The summed E-state index contributed by atoms with van der Waals surface area (Å²) in [5.41, 5.74) is 1.57. The Morgan fingerprint density at radius 3 is 2.82 bits per heavy atom. The molecule has 0 aliphatic carbocycles. The molecule has 1 heterocycles. The van der Waals surface area contributed by atoms with Crippen LogP contribution in [0.2, 0.25) is 0 Å². The van der Waals surface area contributed by atoms with Gasteiger partial charge in [0.25, 0.3) is 0 Å². The van der Waals surface area contributed by atoms with Gasteiger partial charge in [-0.05, 0) is 13.3 Å². The van der Waals surface area contributed by atoms with Crippen molar-refractivity contribution in [2.24, 2.45) is 0 Å². The molecule has 1 rings (SSSR count). The highest BCUT2D eigenvalue weighted by atomic mass is 15.6. The predicted molar refractivity (Wildman–Crippen MR) is 48.3 cm³/mol. The third kappa shape index (κ3) is 2.04. The van der Waals surface area contributed by atoms with E-state index in [9.17, 15) is 0 Å². The number of hydrogen-bond donors (Lipinski definition) is 0. The zero-order valence-corrected chi connectivity index (χ0v) is 7.80. The number of nitrogens with zero attached hydrogens (tertiary/aromatic N) is 2. The van der Waals surface area contributed by atoms with Gasteiger partial charge in [-0.25, -0.2) is 10.0 Å². The zero-order valence-electron chi connectivity index (χ0n) is 7.80. The Labute approximate surface area is 69.5 Å². The largest absolute Gasteiger partial charge is 0.245 e. The summed E-state index contributed by atoms with van der Waals surface area (Å²) in [5.74, 6) is 0. The molecule has 0 spiro atoms. The van der Waals surface area contributed by atoms with Crippen LogP contribution < -0.4 is 0 Å². The zero-order chi connectivity index (χ0) is 8.27. The molecule has 2 heteroatoms. The highest BCUT2D eigenvalue weighted by Gasteiger charge is 2.17. The fraction of sp³-hybridized carbons (Fsp3) is 0.778. The Hall–Kier alpha value is -0.340. The average molecular weight is 154 g/mol. The second-order valence-electron chi connectivity index (χ2n) is 3.06. The van der Waals surface area contributed by atoms with E-state index in [4.69, 9.17) is 0 Å². The van der Waals surface area contributed by atoms with Gasteiger partial charge < -0.3 is 0 Å². The highest BCUT2D eigenvalue weighted by Crippen LogP contribution is 2.15. The molecule has 1 fully saturated rings. The minimum atomic E-state index is 1.11. The first kappa shape index (κ1) is 8.75. The van der Waals surface area contributed by atoms with Gasteiger partial charge in [-0.15, -0.1) is 0 Å². The fourth-order valence-electron chi connectivity index (χ4n) is 1.39. The minimum Gasteiger partial charge on any atom is -0.245 e. The number of rotatable bonds is 2. The summed E-state index contributed by atoms with van der Waals surface area (Å²) in [5, 5.41) is 4.69. The standard InChI is InChI=1S/C9H18N2/c1-4-9-6-7-11(8-9)10(3)5-2/h4H,5-8H2,1-3H3. The molecular formula is C9H18N2. The molecule has 1 aliphatic heterocycles. The van der Waals surface area contributed by atoms with Crippen molar-refractivity contribution in [3.8, 4) is 0 Å². The summed E-state index contributed by atoms with van der Waals surface area (Å²) in [7, 11) is 2.15. The van der Waals surface area contributed by atoms with E-state index in [1.165, 1.54) is 13.0 Å². The third-order valence-electron chi connectivity index (χ3n) is 2.43. The summed E-state index contributed by atoms with van der Waals surface area (Å²) < 4.78 is 0. The summed E-state index contributed by atoms with van der Waals surface area (Å²) in [6, 6.07) is 0. The van der Waals surface area contributed by atoms with Crippen LogP contribution in [0.25, 0.3) is 0 Å². The van der Waals surface area contributed by atoms with Crippen molar-refractivity contribution in [1.29, 1.82) is 0 Å². The molecule has 1 aliphatic rings. The normalized spacial score (nSPS) is 23.8. The second-order valence-corrected chi connectivity index (χ2v) is 3.06. The van der Waals surface area contributed by atoms with Gasteiger partial charge in [0, 0.05) is 26.7 Å². The summed E-state index contributed by atoms with van der Waals surface area (Å²) in [6.07, 6.45) is 3.49. The van der Waals surface area contributed by atoms with Crippen molar-refractivity contribution in [3.05, 3.63) is 11.6 Å². The second kappa shape index (κ2) is 3.88. The van der Waals surface area contributed by atoms with Crippen LogP contribution in [-0.4, -0.2) is 36.7 Å². The molecule has 2 nitrogen and oxygen atoms in total. The molecule has 0 aromatic rings. The van der Waals surface area contributed by atoms with Gasteiger partial charge in [0.05, 0.1) is 0 Å². The van der Waals surface area contributed by atoms with Gasteiger partial charge in [-0.1, -0.05) is 18.6 Å². The quantitative estimate of drug-likeness (QED) is 0.556. The molecule has 0 atom stereocenters. The SMILES string of the molecule is CC=C1CCN(N(C)CC)C1. The molecule has 0 radical (unpaired) electrons. The van der Waals surface area contributed by atoms with E-state index in [0.717, 1.165) is 13.1 Å². The van der Waals surface area contributed by atoms with E-state index < -0.39 is 0 Å². The maximum absolute atomic E-state index is 2.40. The lowest BCUT2D eigenvalue weighted by atomic mass is 10.2. The Morgan fingerprint density at radius 1 is 1.64 bits per heavy atom. The molecule has 11 heavy (non-hydrogen) atoms. The van der Waals surface area contributed by atoms with Crippen LogP contribution in [-0.2, 0) is 0 Å². The Morgan fingerprint density at radius 2 is 2.36 bits per heavy atom. The van der Waals surface area contributed by atoms with E-state index in [1.54, 1.807) is 5.57 Å². The number of allylic oxidation sites excluding steroid dienone is 1. The van der Waals surface area contributed by atoms with Crippen molar-refractivity contribution in [2.75, 3.05) is 26.7 Å². The van der Waals surface area contributed by atoms with Crippen LogP contribution in [0.15, 0.2) is 11.6 Å². The third-order valence-corrected chi connectivity index (χ3v) is 2.43. The monoisotopic (exact) mass is 154 g/mol. The van der Waals surface area contributed by atoms with Crippen LogP contribution in [0, 0.1) is 0 Å². The van der Waals surface area contributed by atoms with Gasteiger partial charge in [0.15, 0.2) is 0 Å². The van der Waals surface area contributed by atoms with Crippen molar-refractivity contribution in [2.45, 2.75) is 20.3 Å². The van der Waals surface area contributed by atoms with E-state index >= 15 is 0 Å². The molecule has 0 aromatic heterocycles. The number of hydrogen-bond acceptors (Lipinski definition) is 2. The molecule has 64 valence electrons. The van der Waals surface area contributed by atoms with Crippen LogP contribution in [0.3, 0.4) is 0 Å². The maximum atomic E-state index is 2.40. The molecule has 0 saturated carbocycles. The first-order chi connectivity index (χ1) is 5.27. The topological polar surface area (TPSA) is 6.48 Å². The van der Waals surface area contributed by atoms with Crippen molar-refractivity contribution in [1.82, 2.24) is 10.0 Å². The summed E-state index contributed by atoms with van der Waals surface area (Å²) >= 11 is 0. The van der Waals surface area contributed by atoms with Crippen molar-refractivity contribution in [3.63, 3.8) is 0 Å². The van der Waals surface area contributed by atoms with Gasteiger partial charge in [-0.2, -0.15) is 0 Å². The lowest BCUT2D eigenvalue weighted by molar-refractivity contribution is 0.0332. The van der Waals surface area contributed by atoms with Gasteiger partial charge in [0.2, 0.25) is 0 Å².